The van der Waals surface area contributed by atoms with Crippen LogP contribution < -0.4 is 21.7 Å². The number of nitrogens with zero attached hydrogens (tertiary/aromatic N) is 5. The topological polar surface area (TPSA) is 124 Å². The van der Waals surface area contributed by atoms with Crippen LogP contribution in [-0.4, -0.2) is 68.5 Å². The van der Waals surface area contributed by atoms with E-state index < -0.39 is 0 Å². The van der Waals surface area contributed by atoms with Crippen LogP contribution in [0.15, 0.2) is 47.9 Å². The third-order valence-electron chi connectivity index (χ3n) is 7.35. The second kappa shape index (κ2) is 13.5. The minimum Gasteiger partial charge on any atom is -0.383 e. The summed E-state index contributed by atoms with van der Waals surface area (Å²) in [5, 5.41) is 10.7. The van der Waals surface area contributed by atoms with Crippen LogP contribution in [-0.2, 0) is 6.54 Å². The number of hydrogen-bond acceptors (Lipinski definition) is 9. The molecule has 1 fully saturated rings. The van der Waals surface area contributed by atoms with Crippen molar-refractivity contribution in [3.63, 3.8) is 0 Å². The smallest absolute Gasteiger partial charge is 0.180 e. The Bertz CT molecular complexity index is 1530. The SMILES string of the molecule is CNC(/C=C(\S)Nc1nc(C)cn2c(/C(=C/NCc3nc4c(F)cccc4[nH]3)CN)cnc12)CN1CCCCCC1. The summed E-state index contributed by atoms with van der Waals surface area (Å²) in [5.74, 6) is 0.905. The molecule has 1 saturated heterocycles. The number of aryl methyl sites for hydroxylation is 1. The fourth-order valence-electron chi connectivity index (χ4n) is 5.25. The molecular weight excluding hydrogens is 539 g/mol. The number of nitrogens with two attached hydrogens (primary N) is 1. The highest BCUT2D eigenvalue weighted by atomic mass is 32.1. The van der Waals surface area contributed by atoms with Crippen LogP contribution in [0.5, 0.6) is 0 Å². The average molecular weight is 579 g/mol. The summed E-state index contributed by atoms with van der Waals surface area (Å²) >= 11 is 4.75. The predicted molar refractivity (Wildman–Crippen MR) is 166 cm³/mol. The first-order valence-electron chi connectivity index (χ1n) is 14.1. The van der Waals surface area contributed by atoms with Crippen LogP contribution in [0.4, 0.5) is 10.2 Å². The lowest BCUT2D eigenvalue weighted by Gasteiger charge is -2.24. The highest BCUT2D eigenvalue weighted by molar-refractivity contribution is 7.84. The maximum absolute atomic E-state index is 14.0. The fourth-order valence-corrected chi connectivity index (χ4v) is 5.53. The van der Waals surface area contributed by atoms with Gasteiger partial charge < -0.3 is 31.6 Å². The van der Waals surface area contributed by atoms with Gasteiger partial charge in [-0.1, -0.05) is 18.9 Å². The average Bonchev–Trinajstić information content (AvgIpc) is 3.48. The molecule has 0 amide bonds. The van der Waals surface area contributed by atoms with E-state index in [-0.39, 0.29) is 18.4 Å². The molecule has 3 aromatic heterocycles. The minimum atomic E-state index is -0.347. The predicted octanol–water partition coefficient (Wildman–Crippen LogP) is 3.79. The van der Waals surface area contributed by atoms with Gasteiger partial charge in [-0.05, 0) is 58.1 Å². The maximum atomic E-state index is 14.0. The molecule has 1 aliphatic rings. The maximum Gasteiger partial charge on any atom is 0.180 e. The van der Waals surface area contributed by atoms with Crippen molar-refractivity contribution in [3.8, 4) is 0 Å². The van der Waals surface area contributed by atoms with Crippen molar-refractivity contribution in [1.82, 2.24) is 39.9 Å². The summed E-state index contributed by atoms with van der Waals surface area (Å²) < 4.78 is 16.0. The standard InChI is InChI=1S/C29H39FN10S/c1-19-17-40-24(20(13-31)14-33-16-25-36-23-9-7-8-22(30)27(23)37-25)15-34-29(40)28(35-19)38-26(41)12-21(32-2)18-39-10-5-3-4-6-11-39/h7-9,12,14-15,17,21,32-33,41H,3-6,10-11,13,16,18,31H2,1-2H3,(H,35,38)(H,36,37)/b20-14+,26-12-. The molecule has 0 aliphatic carbocycles. The monoisotopic (exact) mass is 578 g/mol. The molecule has 1 aliphatic heterocycles. The number of H-pyrrole nitrogens is 1. The number of nitrogens with one attached hydrogen (secondary N) is 4. The van der Waals surface area contributed by atoms with E-state index in [1.54, 1.807) is 18.3 Å². The summed E-state index contributed by atoms with van der Waals surface area (Å²) in [6.07, 6.45) is 12.8. The van der Waals surface area contributed by atoms with E-state index in [4.69, 9.17) is 23.3 Å². The number of rotatable bonds is 11. The highest BCUT2D eigenvalue weighted by Crippen LogP contribution is 2.23. The Morgan fingerprint density at radius 2 is 2.02 bits per heavy atom. The van der Waals surface area contributed by atoms with Crippen molar-refractivity contribution in [1.29, 1.82) is 0 Å². The van der Waals surface area contributed by atoms with E-state index in [1.165, 1.54) is 31.7 Å². The van der Waals surface area contributed by atoms with E-state index in [0.717, 1.165) is 36.6 Å². The molecule has 0 radical (unpaired) electrons. The normalized spacial score (nSPS) is 16.3. The molecule has 5 rings (SSSR count). The summed E-state index contributed by atoms with van der Waals surface area (Å²) in [4.78, 5) is 19.4. The van der Waals surface area contributed by atoms with E-state index in [9.17, 15) is 4.39 Å². The molecule has 12 heteroatoms. The zero-order valence-electron chi connectivity index (χ0n) is 23.6. The zero-order valence-corrected chi connectivity index (χ0v) is 24.5. The second-order valence-corrected chi connectivity index (χ2v) is 10.9. The molecule has 218 valence electrons. The summed E-state index contributed by atoms with van der Waals surface area (Å²) in [6.45, 7) is 5.84. The number of anilines is 1. The minimum absolute atomic E-state index is 0.158. The van der Waals surface area contributed by atoms with Crippen molar-refractivity contribution in [3.05, 3.63) is 70.9 Å². The van der Waals surface area contributed by atoms with Gasteiger partial charge in [0.25, 0.3) is 0 Å². The number of thiol groups is 1. The number of fused-ring (bicyclic) bond motifs is 2. The molecule has 4 aromatic rings. The Morgan fingerprint density at radius 1 is 1.22 bits per heavy atom. The lowest BCUT2D eigenvalue weighted by molar-refractivity contribution is 0.269. The number of likely N-dealkylation sites (tertiary alicyclic amines) is 1. The Hall–Kier alpha value is -3.45. The lowest BCUT2D eigenvalue weighted by Crippen LogP contribution is -2.39. The first-order valence-corrected chi connectivity index (χ1v) is 14.6. The molecular formula is C29H39FN10S. The number of hydrogen-bond donors (Lipinski definition) is 6. The third-order valence-corrected chi connectivity index (χ3v) is 7.61. The quantitative estimate of drug-likeness (QED) is 0.149. The molecule has 0 bridgehead atoms. The second-order valence-electron chi connectivity index (χ2n) is 10.4. The Kier molecular flexibility index (Phi) is 9.55. The summed E-state index contributed by atoms with van der Waals surface area (Å²) in [7, 11) is 1.98. The molecule has 1 atom stereocenters. The van der Waals surface area contributed by atoms with Crippen LogP contribution in [0.1, 0.15) is 42.9 Å². The molecule has 10 nitrogen and oxygen atoms in total. The van der Waals surface area contributed by atoms with E-state index in [0.29, 0.717) is 39.9 Å². The van der Waals surface area contributed by atoms with E-state index in [1.807, 2.05) is 30.8 Å². The first kappa shape index (κ1) is 29.1. The van der Waals surface area contributed by atoms with Gasteiger partial charge in [-0.2, -0.15) is 0 Å². The van der Waals surface area contributed by atoms with Gasteiger partial charge in [0.05, 0.1) is 34.7 Å². The van der Waals surface area contributed by atoms with Crippen LogP contribution in [0.25, 0.3) is 22.3 Å². The van der Waals surface area contributed by atoms with Gasteiger partial charge in [0.1, 0.15) is 11.3 Å². The van der Waals surface area contributed by atoms with Gasteiger partial charge in [-0.15, -0.1) is 12.6 Å². The first-order chi connectivity index (χ1) is 19.9. The van der Waals surface area contributed by atoms with Gasteiger partial charge in [0.15, 0.2) is 17.3 Å². The number of para-hydroxylation sites is 1. The number of imidazole rings is 2. The summed E-state index contributed by atoms with van der Waals surface area (Å²) in [5.41, 5.74) is 10.3. The number of benzene rings is 1. The number of halogens is 1. The van der Waals surface area contributed by atoms with Crippen molar-refractivity contribution in [2.45, 2.75) is 45.2 Å². The molecule has 41 heavy (non-hydrogen) atoms. The van der Waals surface area contributed by atoms with Gasteiger partial charge in [0, 0.05) is 37.1 Å². The van der Waals surface area contributed by atoms with Crippen molar-refractivity contribution < 1.29 is 4.39 Å². The Labute approximate surface area is 245 Å². The van der Waals surface area contributed by atoms with Gasteiger partial charge in [-0.25, -0.2) is 19.3 Å². The Balaban J connectivity index is 1.31. The van der Waals surface area contributed by atoms with Crippen molar-refractivity contribution in [2.24, 2.45) is 5.73 Å². The van der Waals surface area contributed by atoms with Gasteiger partial charge in [0.2, 0.25) is 0 Å². The van der Waals surface area contributed by atoms with Crippen molar-refractivity contribution >= 4 is 40.7 Å². The van der Waals surface area contributed by atoms with Gasteiger partial charge in [-0.3, -0.25) is 4.40 Å². The van der Waals surface area contributed by atoms with E-state index in [2.05, 4.69) is 41.9 Å². The van der Waals surface area contributed by atoms with Gasteiger partial charge >= 0.3 is 0 Å². The molecule has 1 unspecified atom stereocenters. The molecule has 4 heterocycles. The highest BCUT2D eigenvalue weighted by Gasteiger charge is 2.16. The molecule has 1 aromatic carbocycles. The fraction of sp³-hybridized carbons (Fsp3) is 0.414. The lowest BCUT2D eigenvalue weighted by atomic mass is 10.2. The third kappa shape index (κ3) is 7.07. The molecule has 0 spiro atoms. The molecule has 0 saturated carbocycles. The Morgan fingerprint density at radius 3 is 2.76 bits per heavy atom. The van der Waals surface area contributed by atoms with Crippen LogP contribution >= 0.6 is 12.6 Å². The zero-order chi connectivity index (χ0) is 28.8. The molecule has 6 N–H and O–H groups in total. The van der Waals surface area contributed by atoms with Crippen molar-refractivity contribution in [2.75, 3.05) is 38.5 Å². The number of aromatic nitrogens is 5. The van der Waals surface area contributed by atoms with Crippen LogP contribution in [0.3, 0.4) is 0 Å². The van der Waals surface area contributed by atoms with E-state index >= 15 is 0 Å². The van der Waals surface area contributed by atoms with Crippen LogP contribution in [0, 0.1) is 12.7 Å². The number of likely N-dealkylation sites (N-methyl/N-ethyl adjacent to an activating group) is 1. The van der Waals surface area contributed by atoms with Crippen LogP contribution in [0.2, 0.25) is 0 Å². The summed E-state index contributed by atoms with van der Waals surface area (Å²) in [6, 6.07) is 5.02. The largest absolute Gasteiger partial charge is 0.383 e. The number of aromatic amines is 1.